The van der Waals surface area contributed by atoms with E-state index in [1.54, 1.807) is 6.92 Å². The van der Waals surface area contributed by atoms with Gasteiger partial charge in [-0.1, -0.05) is 56.5 Å². The van der Waals surface area contributed by atoms with Crippen LogP contribution < -0.4 is 27.4 Å². The summed E-state index contributed by atoms with van der Waals surface area (Å²) < 4.78 is 0. The fourth-order valence-corrected chi connectivity index (χ4v) is 2.93. The highest BCUT2D eigenvalue weighted by molar-refractivity contribution is 6.31. The summed E-state index contributed by atoms with van der Waals surface area (Å²) >= 11 is 5.76. The summed E-state index contributed by atoms with van der Waals surface area (Å²) in [5.74, 6) is -0.441. The lowest BCUT2D eigenvalue weighted by Crippen LogP contribution is -2.41. The Kier molecular flexibility index (Phi) is 12.2. The van der Waals surface area contributed by atoms with Gasteiger partial charge in [0.1, 0.15) is 0 Å². The van der Waals surface area contributed by atoms with Crippen LogP contribution in [0.3, 0.4) is 0 Å². The number of hydrogen-bond donors (Lipinski definition) is 7. The maximum atomic E-state index is 12.1. The second kappa shape index (κ2) is 14.4. The molecule has 0 spiro atoms. The number of unbranched alkanes of at least 4 members (excludes halogenated alkanes) is 8. The van der Waals surface area contributed by atoms with Gasteiger partial charge in [0.2, 0.25) is 0 Å². The number of nitrogens with one attached hydrogen (secondary N) is 5. The summed E-state index contributed by atoms with van der Waals surface area (Å²) in [6.45, 7) is 3.26. The van der Waals surface area contributed by atoms with E-state index in [0.717, 1.165) is 32.2 Å². The molecule has 1 heterocycles. The van der Waals surface area contributed by atoms with Gasteiger partial charge in [-0.2, -0.15) is 0 Å². The van der Waals surface area contributed by atoms with E-state index in [0.29, 0.717) is 12.4 Å². The average Bonchev–Trinajstić information content (AvgIpc) is 2.67. The molecule has 0 aliphatic rings. The van der Waals surface area contributed by atoms with Crippen molar-refractivity contribution in [2.24, 2.45) is 0 Å². The minimum absolute atomic E-state index is 0.0506. The molecule has 1 aromatic heterocycles. The first kappa shape index (κ1) is 25.4. The van der Waals surface area contributed by atoms with Gasteiger partial charge in [-0.05, 0) is 19.8 Å². The monoisotopic (exact) mass is 439 g/mol. The first-order chi connectivity index (χ1) is 14.3. The number of rotatable bonds is 13. The van der Waals surface area contributed by atoms with E-state index in [-0.39, 0.29) is 28.4 Å². The van der Waals surface area contributed by atoms with Crippen molar-refractivity contribution in [1.82, 2.24) is 25.9 Å². The molecule has 11 heteroatoms. The smallest absolute Gasteiger partial charge is 0.280 e. The molecular formula is C19H34ClN9O. The maximum absolute atomic E-state index is 12.1. The van der Waals surface area contributed by atoms with E-state index in [2.05, 4.69) is 25.9 Å². The Balaban J connectivity index is 2.03. The van der Waals surface area contributed by atoms with Crippen LogP contribution in [0.4, 0.5) is 11.6 Å². The van der Waals surface area contributed by atoms with E-state index in [1.807, 2.05) is 0 Å². The fourth-order valence-electron chi connectivity index (χ4n) is 2.80. The molecule has 0 saturated heterocycles. The fraction of sp³-hybridized carbons (Fsp3) is 0.632. The summed E-state index contributed by atoms with van der Waals surface area (Å²) in [5.41, 5.74) is 10.9. The first-order valence-electron chi connectivity index (χ1n) is 10.3. The molecule has 0 saturated carbocycles. The third-order valence-corrected chi connectivity index (χ3v) is 4.68. The molecule has 0 aromatic carbocycles. The van der Waals surface area contributed by atoms with Gasteiger partial charge in [-0.15, -0.1) is 0 Å². The number of amidine groups is 1. The average molecular weight is 440 g/mol. The van der Waals surface area contributed by atoms with Gasteiger partial charge in [-0.3, -0.25) is 20.9 Å². The third-order valence-electron chi connectivity index (χ3n) is 4.40. The Morgan fingerprint density at radius 1 is 0.867 bits per heavy atom. The van der Waals surface area contributed by atoms with Crippen molar-refractivity contribution in [1.29, 1.82) is 10.8 Å². The highest BCUT2D eigenvalue weighted by Gasteiger charge is 2.16. The van der Waals surface area contributed by atoms with Gasteiger partial charge < -0.3 is 22.1 Å². The quantitative estimate of drug-likeness (QED) is 0.140. The Bertz CT molecular complexity index is 711. The summed E-state index contributed by atoms with van der Waals surface area (Å²) in [6.07, 6.45) is 10.4. The largest absolute Gasteiger partial charge is 0.382 e. The number of hydrogen-bond acceptors (Lipinski definition) is 7. The van der Waals surface area contributed by atoms with E-state index >= 15 is 0 Å². The van der Waals surface area contributed by atoms with Crippen LogP contribution in [0.1, 0.15) is 75.2 Å². The van der Waals surface area contributed by atoms with Crippen LogP contribution in [-0.4, -0.2) is 40.8 Å². The molecule has 0 bridgehead atoms. The van der Waals surface area contributed by atoms with Gasteiger partial charge in [0.05, 0.1) is 5.84 Å². The Morgan fingerprint density at radius 3 is 1.90 bits per heavy atom. The highest BCUT2D eigenvalue weighted by atomic mass is 35.5. The summed E-state index contributed by atoms with van der Waals surface area (Å²) in [4.78, 5) is 19.6. The van der Waals surface area contributed by atoms with Crippen molar-refractivity contribution in [2.75, 3.05) is 24.6 Å². The zero-order chi connectivity index (χ0) is 22.4. The molecule has 30 heavy (non-hydrogen) atoms. The summed E-state index contributed by atoms with van der Waals surface area (Å²) in [7, 11) is 0. The molecule has 10 nitrogen and oxygen atoms in total. The van der Waals surface area contributed by atoms with Crippen LogP contribution in [0.2, 0.25) is 5.15 Å². The van der Waals surface area contributed by atoms with Crippen LogP contribution in [0, 0.1) is 10.8 Å². The molecule has 168 valence electrons. The zero-order valence-electron chi connectivity index (χ0n) is 17.6. The summed E-state index contributed by atoms with van der Waals surface area (Å²) in [6, 6.07) is 0. The lowest BCUT2D eigenvalue weighted by molar-refractivity contribution is 0.0971. The van der Waals surface area contributed by atoms with Gasteiger partial charge in [0.25, 0.3) is 5.91 Å². The molecule has 0 radical (unpaired) electrons. The lowest BCUT2D eigenvalue weighted by Gasteiger charge is -2.10. The van der Waals surface area contributed by atoms with Crippen molar-refractivity contribution >= 4 is 40.9 Å². The number of aromatic nitrogens is 2. The molecule has 9 N–H and O–H groups in total. The number of nitrogen functional groups attached to an aromatic ring is 2. The minimum atomic E-state index is -0.664. The van der Waals surface area contributed by atoms with Crippen LogP contribution >= 0.6 is 11.6 Å². The zero-order valence-corrected chi connectivity index (χ0v) is 18.4. The number of carbonyl (C=O) groups excluding carboxylic acids is 1. The van der Waals surface area contributed by atoms with Gasteiger partial charge in [-0.25, -0.2) is 9.97 Å². The molecule has 1 rings (SSSR count). The standard InChI is InChI=1S/C19H34ClN9O/c1-13(21)25-11-9-7-5-3-2-4-6-8-10-12-26-19(24)29-18(30)14-16(22)28-17(23)15(20)27-14/h2-12H2,1H3,(H2,21,25)(H4,22,23,28)(H3,24,26,29,30). The third kappa shape index (κ3) is 10.8. The Labute approximate surface area is 183 Å². The molecule has 1 aromatic rings. The molecule has 0 unspecified atom stereocenters. The second-order valence-corrected chi connectivity index (χ2v) is 7.48. The number of nitrogens with two attached hydrogens (primary N) is 2. The van der Waals surface area contributed by atoms with Gasteiger partial charge in [0.15, 0.2) is 28.4 Å². The van der Waals surface area contributed by atoms with Crippen LogP contribution in [0.5, 0.6) is 0 Å². The van der Waals surface area contributed by atoms with Crippen molar-refractivity contribution in [3.8, 4) is 0 Å². The van der Waals surface area contributed by atoms with Crippen molar-refractivity contribution < 1.29 is 4.79 Å². The lowest BCUT2D eigenvalue weighted by atomic mass is 10.1. The minimum Gasteiger partial charge on any atom is -0.382 e. The van der Waals surface area contributed by atoms with Crippen molar-refractivity contribution in [2.45, 2.75) is 64.7 Å². The molecular weight excluding hydrogens is 406 g/mol. The van der Waals surface area contributed by atoms with Gasteiger partial charge in [0, 0.05) is 13.1 Å². The number of guanidine groups is 1. The van der Waals surface area contributed by atoms with E-state index in [1.165, 1.54) is 32.1 Å². The molecule has 0 fully saturated rings. The first-order valence-corrected chi connectivity index (χ1v) is 10.7. The number of carbonyl (C=O) groups is 1. The summed E-state index contributed by atoms with van der Waals surface area (Å²) in [5, 5.41) is 23.2. The highest BCUT2D eigenvalue weighted by Crippen LogP contribution is 2.17. The Hall–Kier alpha value is -2.62. The number of halogens is 1. The molecule has 0 atom stereocenters. The molecule has 1 amide bonds. The maximum Gasteiger partial charge on any atom is 0.280 e. The van der Waals surface area contributed by atoms with E-state index in [9.17, 15) is 4.79 Å². The normalized spacial score (nSPS) is 10.5. The van der Waals surface area contributed by atoms with Crippen LogP contribution in [0.15, 0.2) is 0 Å². The van der Waals surface area contributed by atoms with Crippen LogP contribution in [0.25, 0.3) is 0 Å². The topological polar surface area (TPSA) is 179 Å². The Morgan fingerprint density at radius 2 is 1.37 bits per heavy atom. The number of anilines is 2. The second-order valence-electron chi connectivity index (χ2n) is 7.12. The number of amides is 1. The van der Waals surface area contributed by atoms with E-state index < -0.39 is 5.91 Å². The molecule has 0 aliphatic carbocycles. The van der Waals surface area contributed by atoms with Crippen molar-refractivity contribution in [3.63, 3.8) is 0 Å². The van der Waals surface area contributed by atoms with Crippen LogP contribution in [-0.2, 0) is 0 Å². The number of nitrogens with zero attached hydrogens (tertiary/aromatic N) is 2. The van der Waals surface area contributed by atoms with Crippen molar-refractivity contribution in [3.05, 3.63) is 10.8 Å². The SMILES string of the molecule is CC(=N)NCCCCCCCCCCCNC(=N)NC(=O)c1nc(Cl)c(N)nc1N. The predicted molar refractivity (Wildman–Crippen MR) is 122 cm³/mol. The predicted octanol–water partition coefficient (Wildman–Crippen LogP) is 2.65. The van der Waals surface area contributed by atoms with Gasteiger partial charge >= 0.3 is 0 Å². The molecule has 0 aliphatic heterocycles. The van der Waals surface area contributed by atoms with E-state index in [4.69, 9.17) is 33.9 Å².